The quantitative estimate of drug-likeness (QED) is 0.366. The Morgan fingerprint density at radius 3 is 2.70 bits per heavy atom. The molecule has 0 saturated carbocycles. The van der Waals surface area contributed by atoms with Crippen LogP contribution >= 0.6 is 0 Å². The Balaban J connectivity index is 1.56. The van der Waals surface area contributed by atoms with Gasteiger partial charge in [0.05, 0.1) is 24.8 Å². The Morgan fingerprint density at radius 2 is 2.05 bits per heavy atom. The average Bonchev–Trinajstić information content (AvgIpc) is 3.55. The molecule has 0 radical (unpaired) electrons. The zero-order chi connectivity index (χ0) is 29.0. The number of nitrogens with one attached hydrogen (secondary N) is 2. The van der Waals surface area contributed by atoms with Gasteiger partial charge in [0.25, 0.3) is 5.91 Å². The van der Waals surface area contributed by atoms with E-state index in [9.17, 15) is 19.5 Å². The van der Waals surface area contributed by atoms with Crippen molar-refractivity contribution in [2.45, 2.75) is 46.4 Å². The second-order valence-electron chi connectivity index (χ2n) is 9.90. The van der Waals surface area contributed by atoms with Crippen LogP contribution in [0.2, 0.25) is 0 Å². The Hall–Kier alpha value is -4.53. The smallest absolute Gasteiger partial charge is 0.321 e. The molecule has 0 unspecified atom stereocenters. The lowest BCUT2D eigenvalue weighted by Gasteiger charge is -2.38. The molecule has 0 bridgehead atoms. The molecule has 3 heterocycles. The maximum absolute atomic E-state index is 13.6. The third-order valence-corrected chi connectivity index (χ3v) is 6.71. The van der Waals surface area contributed by atoms with E-state index in [1.807, 2.05) is 6.92 Å². The first kappa shape index (κ1) is 28.5. The fraction of sp³-hybridized carbons (Fsp3) is 0.480. The molecule has 0 aliphatic carbocycles. The van der Waals surface area contributed by atoms with Crippen molar-refractivity contribution in [2.75, 3.05) is 37.4 Å². The molecule has 0 fully saturated rings. The van der Waals surface area contributed by atoms with Gasteiger partial charge in [0, 0.05) is 25.2 Å². The van der Waals surface area contributed by atoms with Gasteiger partial charge in [-0.15, -0.1) is 5.10 Å². The number of rotatable bonds is 8. The van der Waals surface area contributed by atoms with Gasteiger partial charge >= 0.3 is 6.03 Å². The first-order valence-corrected chi connectivity index (χ1v) is 12.8. The lowest BCUT2D eigenvalue weighted by molar-refractivity contribution is -0.116. The van der Waals surface area contributed by atoms with Crippen molar-refractivity contribution in [1.29, 1.82) is 0 Å². The summed E-state index contributed by atoms with van der Waals surface area (Å²) >= 11 is 0. The Kier molecular flexibility index (Phi) is 8.62. The second-order valence-corrected chi connectivity index (χ2v) is 9.90. The molecule has 1 aromatic carbocycles. The molecule has 214 valence electrons. The molecule has 1 aliphatic heterocycles. The lowest BCUT2D eigenvalue weighted by Crippen LogP contribution is -2.50. The van der Waals surface area contributed by atoms with Crippen LogP contribution < -0.4 is 15.4 Å². The highest BCUT2D eigenvalue weighted by Gasteiger charge is 2.34. The van der Waals surface area contributed by atoms with Gasteiger partial charge in [0.2, 0.25) is 5.91 Å². The molecule has 0 saturated heterocycles. The minimum atomic E-state index is -0.499. The van der Waals surface area contributed by atoms with Crippen molar-refractivity contribution in [3.63, 3.8) is 0 Å². The summed E-state index contributed by atoms with van der Waals surface area (Å²) in [5.41, 5.74) is 1.68. The summed E-state index contributed by atoms with van der Waals surface area (Å²) in [5.74, 6) is -0.130. The van der Waals surface area contributed by atoms with Crippen molar-refractivity contribution in [3.05, 3.63) is 41.5 Å². The zero-order valence-corrected chi connectivity index (χ0v) is 23.0. The van der Waals surface area contributed by atoms with Crippen molar-refractivity contribution >= 4 is 29.2 Å². The minimum Gasteiger partial charge on any atom is -0.487 e. The zero-order valence-electron chi connectivity index (χ0n) is 23.0. The molecule has 3 N–H and O–H groups in total. The molecule has 40 heavy (non-hydrogen) atoms. The van der Waals surface area contributed by atoms with Crippen molar-refractivity contribution < 1.29 is 28.8 Å². The van der Waals surface area contributed by atoms with Gasteiger partial charge < -0.3 is 34.8 Å². The summed E-state index contributed by atoms with van der Waals surface area (Å²) in [4.78, 5) is 42.1. The molecule has 4 amide bonds. The van der Waals surface area contributed by atoms with E-state index < -0.39 is 12.1 Å². The van der Waals surface area contributed by atoms with Crippen LogP contribution in [0.3, 0.4) is 0 Å². The third kappa shape index (κ3) is 6.36. The lowest BCUT2D eigenvalue weighted by atomic mass is 9.99. The number of aliphatic hydroxyl groups is 1. The number of aryl methyl sites for hydroxylation is 2. The van der Waals surface area contributed by atoms with Crippen LogP contribution in [-0.4, -0.2) is 97.0 Å². The predicted octanol–water partition coefficient (Wildman–Crippen LogP) is 1.30. The Labute approximate surface area is 230 Å². The van der Waals surface area contributed by atoms with Gasteiger partial charge in [-0.05, 0) is 49.4 Å². The van der Waals surface area contributed by atoms with E-state index in [0.29, 0.717) is 28.6 Å². The number of fused-ring (bicyclic) bond motifs is 1. The number of urea groups is 1. The van der Waals surface area contributed by atoms with E-state index in [1.165, 1.54) is 22.0 Å². The van der Waals surface area contributed by atoms with Crippen LogP contribution in [0.5, 0.6) is 5.75 Å². The molecule has 0 spiro atoms. The number of aliphatic hydroxyl groups excluding tert-OH is 1. The highest BCUT2D eigenvalue weighted by molar-refractivity contribution is 6.00. The van der Waals surface area contributed by atoms with E-state index in [0.717, 1.165) is 0 Å². The van der Waals surface area contributed by atoms with Crippen LogP contribution in [0.25, 0.3) is 0 Å². The topological polar surface area (TPSA) is 181 Å². The number of benzene rings is 1. The van der Waals surface area contributed by atoms with E-state index in [4.69, 9.17) is 9.26 Å². The van der Waals surface area contributed by atoms with Gasteiger partial charge in [-0.1, -0.05) is 12.1 Å². The van der Waals surface area contributed by atoms with Crippen LogP contribution in [-0.2, 0) is 11.3 Å². The van der Waals surface area contributed by atoms with Gasteiger partial charge in [0.15, 0.2) is 5.76 Å². The number of carbonyl (C=O) groups is 3. The number of likely N-dealkylation sites (N-methyl/N-ethyl adjacent to an activating group) is 1. The molecule has 3 atom stereocenters. The summed E-state index contributed by atoms with van der Waals surface area (Å²) < 4.78 is 12.7. The fourth-order valence-electron chi connectivity index (χ4n) is 4.34. The van der Waals surface area contributed by atoms with Crippen LogP contribution in [0.4, 0.5) is 16.2 Å². The molecule has 2 aromatic heterocycles. The third-order valence-electron chi connectivity index (χ3n) is 6.71. The summed E-state index contributed by atoms with van der Waals surface area (Å²) in [5, 5.41) is 30.0. The van der Waals surface area contributed by atoms with Crippen molar-refractivity contribution in [1.82, 2.24) is 35.2 Å². The van der Waals surface area contributed by atoms with Crippen LogP contribution in [0.15, 0.2) is 29.0 Å². The Morgan fingerprint density at radius 1 is 1.27 bits per heavy atom. The van der Waals surface area contributed by atoms with Crippen molar-refractivity contribution in [2.24, 2.45) is 5.92 Å². The van der Waals surface area contributed by atoms with Crippen LogP contribution in [0, 0.1) is 19.8 Å². The molecule has 15 nitrogen and oxygen atoms in total. The van der Waals surface area contributed by atoms with Crippen molar-refractivity contribution in [3.8, 4) is 5.75 Å². The number of tetrazole rings is 1. The number of hydrogen-bond donors (Lipinski definition) is 3. The number of hydrogen-bond acceptors (Lipinski definition) is 10. The van der Waals surface area contributed by atoms with E-state index in [1.54, 1.807) is 44.9 Å². The molecule has 4 rings (SSSR count). The van der Waals surface area contributed by atoms with Gasteiger partial charge in [0.1, 0.15) is 36.1 Å². The number of anilines is 2. The average molecular weight is 556 g/mol. The largest absolute Gasteiger partial charge is 0.487 e. The minimum absolute atomic E-state index is 0.107. The predicted molar refractivity (Wildman–Crippen MR) is 142 cm³/mol. The number of nitrogens with zero attached hydrogens (tertiary/aromatic N) is 7. The number of aromatic nitrogens is 5. The summed E-state index contributed by atoms with van der Waals surface area (Å²) in [6, 6.07) is 3.93. The summed E-state index contributed by atoms with van der Waals surface area (Å²) in [6.45, 7) is 7.26. The number of amides is 4. The van der Waals surface area contributed by atoms with Gasteiger partial charge in [-0.2, -0.15) is 0 Å². The van der Waals surface area contributed by atoms with Gasteiger partial charge in [-0.3, -0.25) is 9.59 Å². The second kappa shape index (κ2) is 12.1. The van der Waals surface area contributed by atoms with Gasteiger partial charge in [-0.25, -0.2) is 9.48 Å². The molecular weight excluding hydrogens is 522 g/mol. The monoisotopic (exact) mass is 555 g/mol. The fourth-order valence-corrected chi connectivity index (χ4v) is 4.34. The van der Waals surface area contributed by atoms with E-state index in [2.05, 4.69) is 31.3 Å². The number of carbonyl (C=O) groups excluding carboxylic acids is 3. The molecule has 15 heteroatoms. The molecular formula is C25H33N9O6. The van der Waals surface area contributed by atoms with E-state index in [-0.39, 0.29) is 55.6 Å². The highest BCUT2D eigenvalue weighted by Crippen LogP contribution is 2.31. The Bertz CT molecular complexity index is 1340. The SMILES string of the molecule is Cc1noc(C)c1NC(=O)N(C)C[C@H]1Oc2ccc(NC(=O)Cn3cnnn3)cc2C(=O)N([C@H](C)CO)C[C@@H]1C. The molecule has 1 aliphatic rings. The van der Waals surface area contributed by atoms with E-state index >= 15 is 0 Å². The maximum atomic E-state index is 13.6. The standard InChI is InChI=1S/C25H33N9O6/c1-14-9-34(15(2)12-35)24(37)19-8-18(27-22(36)11-33-13-26-30-31-33)6-7-20(19)39-21(14)10-32(5)25(38)28-23-16(3)29-40-17(23)4/h6-8,13-15,21,35H,9-12H2,1-5H3,(H,27,36)(H,28,38)/t14-,15+,21+/m0/s1. The normalized spacial score (nSPS) is 17.8. The maximum Gasteiger partial charge on any atom is 0.321 e. The molecule has 3 aromatic rings. The first-order valence-electron chi connectivity index (χ1n) is 12.8. The first-order chi connectivity index (χ1) is 19.1. The highest BCUT2D eigenvalue weighted by atomic mass is 16.5. The number of ether oxygens (including phenoxy) is 1. The summed E-state index contributed by atoms with van der Waals surface area (Å²) in [6.07, 6.45) is 0.819. The van der Waals surface area contributed by atoms with Crippen LogP contribution in [0.1, 0.15) is 35.7 Å². The summed E-state index contributed by atoms with van der Waals surface area (Å²) in [7, 11) is 1.64.